The maximum absolute atomic E-state index is 13.2. The molecule has 0 atom stereocenters. The van der Waals surface area contributed by atoms with Crippen molar-refractivity contribution in [2.24, 2.45) is 5.41 Å². The predicted octanol–water partition coefficient (Wildman–Crippen LogP) is 2.33. The van der Waals surface area contributed by atoms with Crippen molar-refractivity contribution < 1.29 is 9.50 Å². The Hall–Kier alpha value is -0.680. The van der Waals surface area contributed by atoms with Crippen molar-refractivity contribution in [3.05, 3.63) is 22.6 Å². The Balaban J connectivity index is 1.70. The summed E-state index contributed by atoms with van der Waals surface area (Å²) < 4.78 is 13.7. The zero-order valence-electron chi connectivity index (χ0n) is 9.58. The van der Waals surface area contributed by atoms with Crippen molar-refractivity contribution in [3.63, 3.8) is 0 Å². The first-order valence-electron chi connectivity index (χ1n) is 5.68. The molecule has 1 saturated carbocycles. The summed E-state index contributed by atoms with van der Waals surface area (Å²) in [6.07, 6.45) is 1.68. The van der Waals surface area contributed by atoms with Crippen molar-refractivity contribution in [2.75, 3.05) is 18.0 Å². The fourth-order valence-corrected chi connectivity index (χ4v) is 3.73. The number of hydrogen-bond donors (Lipinski definition) is 1. The summed E-state index contributed by atoms with van der Waals surface area (Å²) in [6, 6.07) is 2.81. The van der Waals surface area contributed by atoms with E-state index in [0.29, 0.717) is 10.4 Å². The number of pyridine rings is 1. The van der Waals surface area contributed by atoms with Gasteiger partial charge in [0.05, 0.1) is 5.60 Å². The molecule has 92 valence electrons. The zero-order chi connectivity index (χ0) is 12.3. The van der Waals surface area contributed by atoms with E-state index in [2.05, 4.69) is 25.8 Å². The van der Waals surface area contributed by atoms with Gasteiger partial charge in [-0.05, 0) is 35.7 Å². The molecular weight excluding hydrogens is 287 g/mol. The van der Waals surface area contributed by atoms with Crippen molar-refractivity contribution in [3.8, 4) is 0 Å². The van der Waals surface area contributed by atoms with E-state index in [0.717, 1.165) is 25.9 Å². The van der Waals surface area contributed by atoms with E-state index in [1.165, 1.54) is 12.1 Å². The third-order valence-electron chi connectivity index (χ3n) is 3.63. The quantitative estimate of drug-likeness (QED) is 0.809. The third-order valence-corrected chi connectivity index (χ3v) is 4.04. The summed E-state index contributed by atoms with van der Waals surface area (Å²) in [5, 5.41) is 9.76. The smallest absolute Gasteiger partial charge is 0.132 e. The molecule has 17 heavy (non-hydrogen) atoms. The van der Waals surface area contributed by atoms with Crippen LogP contribution in [0.5, 0.6) is 0 Å². The minimum atomic E-state index is -0.498. The Kier molecular flexibility index (Phi) is 2.29. The van der Waals surface area contributed by atoms with Gasteiger partial charge in [0.2, 0.25) is 0 Å². The summed E-state index contributed by atoms with van der Waals surface area (Å²) in [5.74, 6) is 0.400. The Morgan fingerprint density at radius 1 is 1.41 bits per heavy atom. The molecule has 1 saturated heterocycles. The molecule has 0 amide bonds. The third kappa shape index (κ3) is 1.95. The number of aliphatic hydroxyl groups is 1. The van der Waals surface area contributed by atoms with E-state index in [9.17, 15) is 9.50 Å². The second-order valence-electron chi connectivity index (χ2n) is 5.67. The fourth-order valence-electron chi connectivity index (χ4n) is 3.33. The molecule has 0 aromatic carbocycles. The van der Waals surface area contributed by atoms with Gasteiger partial charge in [0, 0.05) is 30.6 Å². The molecule has 3 rings (SSSR count). The molecule has 2 aliphatic rings. The summed E-state index contributed by atoms with van der Waals surface area (Å²) >= 11 is 3.19. The molecule has 2 fully saturated rings. The van der Waals surface area contributed by atoms with Crippen LogP contribution in [0.1, 0.15) is 19.8 Å². The van der Waals surface area contributed by atoms with Gasteiger partial charge in [0.25, 0.3) is 0 Å². The Bertz CT molecular complexity index is 441. The van der Waals surface area contributed by atoms with Crippen LogP contribution in [0, 0.1) is 11.2 Å². The zero-order valence-corrected chi connectivity index (χ0v) is 11.2. The summed E-state index contributed by atoms with van der Waals surface area (Å²) in [6.45, 7) is 3.61. The average Bonchev–Trinajstić information content (AvgIpc) is 2.07. The lowest BCUT2D eigenvalue weighted by atomic mass is 9.56. The molecule has 1 N–H and O–H groups in total. The number of halogens is 2. The average molecular weight is 301 g/mol. The number of nitrogens with zero attached hydrogens (tertiary/aromatic N) is 2. The molecule has 1 aromatic heterocycles. The molecule has 1 spiro atoms. The van der Waals surface area contributed by atoms with Gasteiger partial charge in [-0.25, -0.2) is 9.37 Å². The highest BCUT2D eigenvalue weighted by Gasteiger charge is 2.57. The van der Waals surface area contributed by atoms with Crippen molar-refractivity contribution in [1.29, 1.82) is 0 Å². The van der Waals surface area contributed by atoms with Crippen LogP contribution >= 0.6 is 15.9 Å². The standard InChI is InChI=1S/C12H14BrFN2O/c1-11(17)4-12(5-11)6-16(7-12)10-3-8(14)2-9(13)15-10/h2-3,17H,4-7H2,1H3. The van der Waals surface area contributed by atoms with Crippen LogP contribution < -0.4 is 4.90 Å². The van der Waals surface area contributed by atoms with Crippen molar-refractivity contribution in [2.45, 2.75) is 25.4 Å². The second-order valence-corrected chi connectivity index (χ2v) is 6.49. The molecule has 3 nitrogen and oxygen atoms in total. The predicted molar refractivity (Wildman–Crippen MR) is 66.4 cm³/mol. The van der Waals surface area contributed by atoms with Crippen molar-refractivity contribution in [1.82, 2.24) is 4.98 Å². The first-order chi connectivity index (χ1) is 7.88. The lowest BCUT2D eigenvalue weighted by Gasteiger charge is -2.62. The second kappa shape index (κ2) is 3.42. The maximum atomic E-state index is 13.2. The molecule has 1 aromatic rings. The van der Waals surface area contributed by atoms with Gasteiger partial charge in [0.1, 0.15) is 16.2 Å². The SMILES string of the molecule is CC1(O)CC2(CN(c3cc(F)cc(Br)n3)C2)C1. The first-order valence-corrected chi connectivity index (χ1v) is 6.47. The molecule has 2 heterocycles. The Morgan fingerprint density at radius 3 is 2.59 bits per heavy atom. The molecule has 1 aliphatic carbocycles. The number of rotatable bonds is 1. The summed E-state index contributed by atoms with van der Waals surface area (Å²) in [7, 11) is 0. The number of anilines is 1. The molecule has 0 unspecified atom stereocenters. The van der Waals surface area contributed by atoms with Gasteiger partial charge in [-0.1, -0.05) is 0 Å². The van der Waals surface area contributed by atoms with Crippen LogP contribution in [0.25, 0.3) is 0 Å². The van der Waals surface area contributed by atoms with Gasteiger partial charge < -0.3 is 10.0 Å². The highest BCUT2D eigenvalue weighted by Crippen LogP contribution is 2.54. The lowest BCUT2D eigenvalue weighted by molar-refractivity contribution is -0.126. The van der Waals surface area contributed by atoms with Gasteiger partial charge in [-0.15, -0.1) is 0 Å². The largest absolute Gasteiger partial charge is 0.390 e. The van der Waals surface area contributed by atoms with Crippen LogP contribution in [0.15, 0.2) is 16.7 Å². The van der Waals surface area contributed by atoms with Gasteiger partial charge in [-0.3, -0.25) is 0 Å². The van der Waals surface area contributed by atoms with Crippen LogP contribution in [0.2, 0.25) is 0 Å². The highest BCUT2D eigenvalue weighted by molar-refractivity contribution is 9.10. The molecule has 0 radical (unpaired) electrons. The molecular formula is C12H14BrFN2O. The molecule has 0 bridgehead atoms. The van der Waals surface area contributed by atoms with E-state index in [1.807, 2.05) is 6.92 Å². The van der Waals surface area contributed by atoms with E-state index in [-0.39, 0.29) is 11.2 Å². The van der Waals surface area contributed by atoms with Gasteiger partial charge >= 0.3 is 0 Å². The van der Waals surface area contributed by atoms with Crippen LogP contribution in [-0.4, -0.2) is 28.8 Å². The maximum Gasteiger partial charge on any atom is 0.132 e. The lowest BCUT2D eigenvalue weighted by Crippen LogP contribution is -2.67. The van der Waals surface area contributed by atoms with E-state index in [1.54, 1.807) is 0 Å². The van der Waals surface area contributed by atoms with Gasteiger partial charge in [0.15, 0.2) is 0 Å². The Morgan fingerprint density at radius 2 is 2.06 bits per heavy atom. The minimum absolute atomic E-state index is 0.240. The van der Waals surface area contributed by atoms with E-state index < -0.39 is 5.60 Å². The monoisotopic (exact) mass is 300 g/mol. The number of hydrogen-bond acceptors (Lipinski definition) is 3. The van der Waals surface area contributed by atoms with Gasteiger partial charge in [-0.2, -0.15) is 0 Å². The van der Waals surface area contributed by atoms with Crippen LogP contribution in [0.4, 0.5) is 10.2 Å². The Labute approximate surface area is 108 Å². The molecule has 5 heteroatoms. The van der Waals surface area contributed by atoms with E-state index >= 15 is 0 Å². The van der Waals surface area contributed by atoms with Crippen LogP contribution in [-0.2, 0) is 0 Å². The van der Waals surface area contributed by atoms with Crippen molar-refractivity contribution >= 4 is 21.7 Å². The molecule has 1 aliphatic heterocycles. The highest BCUT2D eigenvalue weighted by atomic mass is 79.9. The van der Waals surface area contributed by atoms with Crippen LogP contribution in [0.3, 0.4) is 0 Å². The number of aromatic nitrogens is 1. The first kappa shape index (κ1) is 11.4. The normalized spacial score (nSPS) is 24.4. The summed E-state index contributed by atoms with van der Waals surface area (Å²) in [5.41, 5.74) is -0.258. The van der Waals surface area contributed by atoms with E-state index in [4.69, 9.17) is 0 Å². The fraction of sp³-hybridized carbons (Fsp3) is 0.583. The topological polar surface area (TPSA) is 36.4 Å². The summed E-state index contributed by atoms with van der Waals surface area (Å²) in [4.78, 5) is 6.32. The minimum Gasteiger partial charge on any atom is -0.390 e.